The largest absolute Gasteiger partial charge is 0.481 e. The standard InChI is InChI=1S/C26H29ClN4O5S/c1-2-36-26(34)22-20(12-31-16-9-15(11-21(32)33)10-17(31)14-35-13-16)29-24(25-28-7-8-37-25)30-23(22)18-5-3-4-6-19(18)27/h3-8,15-17,23H,2,9-14H2,1H3,(H,29,30)(H,32,33)/t15?,16-,17+,23-/m0/s1. The van der Waals surface area contributed by atoms with Gasteiger partial charge in [-0.05, 0) is 31.7 Å². The first-order valence-electron chi connectivity index (χ1n) is 12.4. The molecule has 2 N–H and O–H groups in total. The first kappa shape index (κ1) is 25.8. The van der Waals surface area contributed by atoms with Crippen molar-refractivity contribution in [2.24, 2.45) is 10.9 Å². The van der Waals surface area contributed by atoms with Gasteiger partial charge in [-0.3, -0.25) is 14.7 Å². The maximum Gasteiger partial charge on any atom is 0.338 e. The number of aliphatic carboxylic acids is 1. The molecule has 0 radical (unpaired) electrons. The average molecular weight is 545 g/mol. The van der Waals surface area contributed by atoms with Crippen molar-refractivity contribution >= 4 is 40.7 Å². The van der Waals surface area contributed by atoms with E-state index in [1.54, 1.807) is 19.2 Å². The summed E-state index contributed by atoms with van der Waals surface area (Å²) in [6.07, 6.45) is 3.33. The molecule has 5 rings (SSSR count). The van der Waals surface area contributed by atoms with Crippen LogP contribution in [0.25, 0.3) is 0 Å². The van der Waals surface area contributed by atoms with Crippen molar-refractivity contribution in [3.63, 3.8) is 0 Å². The number of ether oxygens (including phenoxy) is 2. The Morgan fingerprint density at radius 2 is 2.03 bits per heavy atom. The fourth-order valence-electron chi connectivity index (χ4n) is 5.50. The molecule has 11 heteroatoms. The van der Waals surface area contributed by atoms with Crippen molar-refractivity contribution < 1.29 is 24.2 Å². The Bertz CT molecular complexity index is 1200. The number of aliphatic imine (C=N–C) groups is 1. The number of carbonyl (C=O) groups is 2. The lowest BCUT2D eigenvalue weighted by Crippen LogP contribution is -2.58. The molecular weight excluding hydrogens is 516 g/mol. The van der Waals surface area contributed by atoms with Crippen LogP contribution in [0.2, 0.25) is 5.02 Å². The Labute approximate surface area is 224 Å². The number of carbonyl (C=O) groups excluding carboxylic acids is 1. The van der Waals surface area contributed by atoms with E-state index >= 15 is 0 Å². The predicted octanol–water partition coefficient (Wildman–Crippen LogP) is 3.66. The van der Waals surface area contributed by atoms with Gasteiger partial charge in [0.1, 0.15) is 6.04 Å². The zero-order chi connectivity index (χ0) is 25.9. The molecule has 2 bridgehead atoms. The molecule has 4 atom stereocenters. The highest BCUT2D eigenvalue weighted by Gasteiger charge is 2.42. The van der Waals surface area contributed by atoms with Crippen molar-refractivity contribution in [3.05, 3.63) is 62.7 Å². The highest BCUT2D eigenvalue weighted by molar-refractivity contribution is 7.11. The molecule has 2 aromatic rings. The quantitative estimate of drug-likeness (QED) is 0.484. The molecule has 9 nitrogen and oxygen atoms in total. The molecule has 4 heterocycles. The van der Waals surface area contributed by atoms with Crippen LogP contribution in [0, 0.1) is 5.92 Å². The molecule has 1 unspecified atom stereocenters. The normalized spacial score (nSPS) is 25.8. The molecule has 1 aromatic heterocycles. The Morgan fingerprint density at radius 1 is 1.27 bits per heavy atom. The number of hydrogen-bond donors (Lipinski definition) is 2. The summed E-state index contributed by atoms with van der Waals surface area (Å²) in [5, 5.41) is 15.8. The first-order valence-corrected chi connectivity index (χ1v) is 13.6. The van der Waals surface area contributed by atoms with E-state index in [1.807, 2.05) is 23.6 Å². The van der Waals surface area contributed by atoms with Gasteiger partial charge in [0.25, 0.3) is 0 Å². The van der Waals surface area contributed by atoms with E-state index in [1.165, 1.54) is 11.3 Å². The molecule has 3 aliphatic heterocycles. The van der Waals surface area contributed by atoms with Crippen molar-refractivity contribution in [2.75, 3.05) is 26.4 Å². The van der Waals surface area contributed by atoms with Gasteiger partial charge in [-0.15, -0.1) is 11.3 Å². The summed E-state index contributed by atoms with van der Waals surface area (Å²) in [5.74, 6) is -0.538. The van der Waals surface area contributed by atoms with Gasteiger partial charge < -0.3 is 19.9 Å². The van der Waals surface area contributed by atoms with E-state index in [0.29, 0.717) is 52.5 Å². The Hall–Kier alpha value is -2.79. The number of morpholine rings is 1. The molecule has 0 saturated carbocycles. The van der Waals surface area contributed by atoms with Crippen LogP contribution in [0.5, 0.6) is 0 Å². The van der Waals surface area contributed by atoms with E-state index in [-0.39, 0.29) is 31.0 Å². The lowest BCUT2D eigenvalue weighted by molar-refractivity contribution is -0.141. The highest BCUT2D eigenvalue weighted by Crippen LogP contribution is 2.38. The number of rotatable bonds is 8. The fourth-order valence-corrected chi connectivity index (χ4v) is 6.32. The minimum Gasteiger partial charge on any atom is -0.481 e. The number of nitrogens with one attached hydrogen (secondary N) is 1. The summed E-state index contributed by atoms with van der Waals surface area (Å²) < 4.78 is 11.3. The van der Waals surface area contributed by atoms with Crippen molar-refractivity contribution in [1.82, 2.24) is 15.2 Å². The van der Waals surface area contributed by atoms with Crippen molar-refractivity contribution in [3.8, 4) is 0 Å². The third kappa shape index (κ3) is 5.57. The zero-order valence-corrected chi connectivity index (χ0v) is 22.0. The van der Waals surface area contributed by atoms with Crippen LogP contribution >= 0.6 is 22.9 Å². The number of amidine groups is 1. The van der Waals surface area contributed by atoms with Crippen molar-refractivity contribution in [1.29, 1.82) is 0 Å². The smallest absolute Gasteiger partial charge is 0.338 e. The Morgan fingerprint density at radius 3 is 2.68 bits per heavy atom. The SMILES string of the molecule is CCOC(=O)C1=C(CN2[C@@H]3COC[C@H]2CC(CC(=O)O)C3)NC(c2nccs2)=N[C@H]1c1ccccc1Cl. The second kappa shape index (κ2) is 11.3. The number of fused-ring (bicyclic) bond motifs is 2. The third-order valence-corrected chi connectivity index (χ3v) is 8.15. The number of nitrogens with zero attached hydrogens (tertiary/aromatic N) is 3. The number of hydrogen-bond acceptors (Lipinski definition) is 9. The van der Waals surface area contributed by atoms with Crippen LogP contribution in [0.1, 0.15) is 42.8 Å². The number of halogens is 1. The summed E-state index contributed by atoms with van der Waals surface area (Å²) in [4.78, 5) is 36.4. The average Bonchev–Trinajstić information content (AvgIpc) is 3.39. The molecule has 3 aliphatic rings. The second-order valence-electron chi connectivity index (χ2n) is 9.43. The second-order valence-corrected chi connectivity index (χ2v) is 10.7. The van der Waals surface area contributed by atoms with Gasteiger partial charge in [-0.1, -0.05) is 29.8 Å². The summed E-state index contributed by atoms with van der Waals surface area (Å²) in [5.41, 5.74) is 1.82. The van der Waals surface area contributed by atoms with E-state index in [4.69, 9.17) is 26.1 Å². The van der Waals surface area contributed by atoms with E-state index in [0.717, 1.165) is 12.8 Å². The first-order chi connectivity index (χ1) is 17.9. The minimum atomic E-state index is -0.773. The van der Waals surface area contributed by atoms with Gasteiger partial charge in [0.05, 0.1) is 25.4 Å². The predicted molar refractivity (Wildman–Crippen MR) is 140 cm³/mol. The molecular formula is C26H29ClN4O5S. The fraction of sp³-hybridized carbons (Fsp3) is 0.462. The maximum atomic E-state index is 13.4. The number of carboxylic acid groups (broad SMARTS) is 1. The summed E-state index contributed by atoms with van der Waals surface area (Å²) in [6.45, 7) is 3.50. The Kier molecular flexibility index (Phi) is 7.89. The van der Waals surface area contributed by atoms with Crippen LogP contribution in [0.4, 0.5) is 0 Å². The lowest BCUT2D eigenvalue weighted by atomic mass is 9.82. The third-order valence-electron chi connectivity index (χ3n) is 7.03. The molecule has 196 valence electrons. The monoisotopic (exact) mass is 544 g/mol. The number of thiazole rings is 1. The molecule has 0 amide bonds. The molecule has 0 aliphatic carbocycles. The summed E-state index contributed by atoms with van der Waals surface area (Å²) in [6, 6.07) is 6.82. The van der Waals surface area contributed by atoms with Gasteiger partial charge in [-0.25, -0.2) is 9.78 Å². The summed E-state index contributed by atoms with van der Waals surface area (Å²) >= 11 is 8.06. The topological polar surface area (TPSA) is 113 Å². The van der Waals surface area contributed by atoms with Gasteiger partial charge in [0, 0.05) is 52.9 Å². The van der Waals surface area contributed by atoms with Crippen LogP contribution in [0.3, 0.4) is 0 Å². The minimum absolute atomic E-state index is 0.0514. The molecule has 0 spiro atoms. The number of benzene rings is 1. The number of carboxylic acids is 1. The van der Waals surface area contributed by atoms with E-state index < -0.39 is 18.0 Å². The molecule has 37 heavy (non-hydrogen) atoms. The zero-order valence-electron chi connectivity index (χ0n) is 20.4. The lowest BCUT2D eigenvalue weighted by Gasteiger charge is -2.49. The van der Waals surface area contributed by atoms with Gasteiger partial charge in [0.2, 0.25) is 0 Å². The maximum absolute atomic E-state index is 13.4. The van der Waals surface area contributed by atoms with Crippen LogP contribution in [-0.2, 0) is 19.1 Å². The van der Waals surface area contributed by atoms with Crippen LogP contribution in [0.15, 0.2) is 52.1 Å². The summed E-state index contributed by atoms with van der Waals surface area (Å²) in [7, 11) is 0. The molecule has 2 fully saturated rings. The van der Waals surface area contributed by atoms with Gasteiger partial charge in [0.15, 0.2) is 10.8 Å². The highest BCUT2D eigenvalue weighted by atomic mass is 35.5. The van der Waals surface area contributed by atoms with Gasteiger partial charge in [-0.2, -0.15) is 0 Å². The Balaban J connectivity index is 1.54. The van der Waals surface area contributed by atoms with Crippen LogP contribution < -0.4 is 5.32 Å². The number of aromatic nitrogens is 1. The van der Waals surface area contributed by atoms with Crippen molar-refractivity contribution in [2.45, 2.75) is 44.3 Å². The number of esters is 1. The molecule has 1 aromatic carbocycles. The van der Waals surface area contributed by atoms with Gasteiger partial charge >= 0.3 is 11.9 Å². The van der Waals surface area contributed by atoms with Crippen LogP contribution in [-0.4, -0.2) is 71.2 Å². The van der Waals surface area contributed by atoms with E-state index in [2.05, 4.69) is 15.2 Å². The van der Waals surface area contributed by atoms with E-state index in [9.17, 15) is 14.7 Å². The number of piperidine rings is 1. The molecule has 2 saturated heterocycles.